The van der Waals surface area contributed by atoms with Crippen molar-refractivity contribution in [3.63, 3.8) is 0 Å². The molecule has 0 saturated heterocycles. The second-order valence-corrected chi connectivity index (χ2v) is 18.7. The van der Waals surface area contributed by atoms with Gasteiger partial charge in [0.1, 0.15) is 0 Å². The molecule has 0 saturated carbocycles. The van der Waals surface area contributed by atoms with E-state index in [1.807, 2.05) is 13.8 Å². The molecule has 4 amide bonds. The molecule has 0 aromatic heterocycles. The molecule has 368 valence electrons. The van der Waals surface area contributed by atoms with Crippen LogP contribution in [0.4, 0.5) is 26.3 Å². The van der Waals surface area contributed by atoms with E-state index >= 15 is 0 Å². The monoisotopic (exact) mass is 1010 g/mol. The van der Waals surface area contributed by atoms with Crippen molar-refractivity contribution in [1.29, 1.82) is 0 Å². The van der Waals surface area contributed by atoms with Crippen molar-refractivity contribution < 1.29 is 71.5 Å². The van der Waals surface area contributed by atoms with Crippen LogP contribution in [0.25, 0.3) is 10.8 Å². The van der Waals surface area contributed by atoms with Crippen LogP contribution < -0.4 is 10.6 Å². The first kappa shape index (κ1) is 52.5. The van der Waals surface area contributed by atoms with E-state index in [2.05, 4.69) is 10.6 Å². The third kappa shape index (κ3) is 12.1. The fourth-order valence-corrected chi connectivity index (χ4v) is 8.49. The summed E-state index contributed by atoms with van der Waals surface area (Å²) in [5.74, 6) is -2.72. The molecule has 0 unspecified atom stereocenters. The van der Waals surface area contributed by atoms with Crippen molar-refractivity contribution >= 4 is 54.6 Å². The lowest BCUT2D eigenvalue weighted by molar-refractivity contribution is -0.139. The second-order valence-electron chi connectivity index (χ2n) is 15.8. The summed E-state index contributed by atoms with van der Waals surface area (Å²) in [5.41, 5.74) is 0.712. The lowest BCUT2D eigenvalue weighted by Crippen LogP contribution is -2.46. The number of rotatable bonds is 12. The minimum Gasteiger partial charge on any atom is -0.311 e. The van der Waals surface area contributed by atoms with Gasteiger partial charge in [0.15, 0.2) is 0 Å². The summed E-state index contributed by atoms with van der Waals surface area (Å²) in [5, 5.41) is 6.01. The van der Waals surface area contributed by atoms with Crippen LogP contribution in [0.3, 0.4) is 0 Å². The molecule has 2 heterocycles. The predicted molar refractivity (Wildman–Crippen MR) is 243 cm³/mol. The van der Waals surface area contributed by atoms with Crippen molar-refractivity contribution in [2.24, 2.45) is 0 Å². The average molecular weight is 1010 g/mol. The third-order valence-electron chi connectivity index (χ3n) is 11.0. The lowest BCUT2D eigenvalue weighted by atomic mass is 9.86. The normalized spacial score (nSPS) is 13.7. The Morgan fingerprint density at radius 3 is 1.01 bits per heavy atom. The van der Waals surface area contributed by atoms with Crippen molar-refractivity contribution in [2.75, 3.05) is 26.2 Å². The van der Waals surface area contributed by atoms with Gasteiger partial charge in [-0.1, -0.05) is 71.8 Å². The number of halogens is 6. The molecule has 2 aliphatic rings. The number of aryl methyl sites for hydroxylation is 2. The number of carbonyl (C=O) groups is 4. The molecular weight excluding hydrogens is 971 g/mol. The molecule has 0 fully saturated rings. The third-order valence-corrected chi connectivity index (χ3v) is 12.7. The highest BCUT2D eigenvalue weighted by Crippen LogP contribution is 2.38. The van der Waals surface area contributed by atoms with Crippen molar-refractivity contribution in [2.45, 2.75) is 49.1 Å². The first-order valence-corrected chi connectivity index (χ1v) is 23.8. The van der Waals surface area contributed by atoms with Crippen molar-refractivity contribution in [3.05, 3.63) is 177 Å². The second kappa shape index (κ2) is 21.0. The SMILES string of the molecule is Cc1ccc(S(=O)(=O)O)cc1.Cc1ccc(S(=O)(=O)O)cc1.O=C1c2ccc3c4c(ccc(c24)C(=O)N1CCNCc1ccccc1C(F)(F)F)C(=O)N(CCNCc1ccccc1C(F)(F)F)C3=O. The number of hydrogen-bond donors (Lipinski definition) is 4. The number of imide groups is 2. The quantitative estimate of drug-likeness (QED) is 0.0397. The van der Waals surface area contributed by atoms with Crippen molar-refractivity contribution in [3.8, 4) is 0 Å². The molecule has 0 aliphatic carbocycles. The first-order chi connectivity index (χ1) is 32.8. The zero-order chi connectivity index (χ0) is 51.3. The maximum Gasteiger partial charge on any atom is 0.416 e. The molecule has 4 N–H and O–H groups in total. The number of benzene rings is 6. The van der Waals surface area contributed by atoms with E-state index in [0.717, 1.165) is 33.1 Å². The van der Waals surface area contributed by atoms with Crippen LogP contribution in [0.1, 0.15) is 74.8 Å². The van der Waals surface area contributed by atoms with E-state index in [1.54, 1.807) is 24.3 Å². The Morgan fingerprint density at radius 1 is 0.457 bits per heavy atom. The Labute approximate surface area is 397 Å². The minimum atomic E-state index is -4.54. The van der Waals surface area contributed by atoms with E-state index < -0.39 is 67.3 Å². The summed E-state index contributed by atoms with van der Waals surface area (Å²) in [6.45, 7) is 3.08. The van der Waals surface area contributed by atoms with E-state index in [0.29, 0.717) is 0 Å². The van der Waals surface area contributed by atoms with Crippen LogP contribution in [0.5, 0.6) is 0 Å². The number of carbonyl (C=O) groups excluding carboxylic acids is 4. The molecule has 0 spiro atoms. The fourth-order valence-electron chi connectivity index (χ4n) is 7.53. The van der Waals surface area contributed by atoms with Gasteiger partial charge in [0, 0.05) is 72.3 Å². The molecule has 8 rings (SSSR count). The van der Waals surface area contributed by atoms with Crippen LogP contribution in [0, 0.1) is 13.8 Å². The van der Waals surface area contributed by atoms with Gasteiger partial charge in [0.2, 0.25) is 0 Å². The van der Waals surface area contributed by atoms with Gasteiger partial charge in [-0.25, -0.2) is 0 Å². The number of amides is 4. The van der Waals surface area contributed by atoms with Gasteiger partial charge in [0.05, 0.1) is 20.9 Å². The van der Waals surface area contributed by atoms with Gasteiger partial charge in [-0.05, 0) is 85.6 Å². The first-order valence-electron chi connectivity index (χ1n) is 20.9. The molecular formula is C48H42F6N4O10S2. The standard InChI is InChI=1S/C34H26F6N4O4.2C7H8O3S/c35-33(36,37)25-7-3-1-5-19(25)17-41-13-15-43-29(45)21-9-11-23-28-24(12-10-22(27(21)28)30(43)46)32(48)44(31(23)47)16-14-42-18-20-6-2-4-8-26(20)34(38,39)40;2*1-6-2-4-7(5-3-6)11(8,9)10/h1-12,41-42H,13-18H2;2*2-5H,1H3,(H,8,9,10). The number of nitrogens with one attached hydrogen (secondary N) is 2. The Bertz CT molecular complexity index is 2920. The van der Waals surface area contributed by atoms with E-state index in [4.69, 9.17) is 9.11 Å². The molecule has 6 aromatic rings. The summed E-state index contributed by atoms with van der Waals surface area (Å²) >= 11 is 0. The number of nitrogens with zero attached hydrogens (tertiary/aromatic N) is 2. The van der Waals surface area contributed by atoms with Gasteiger partial charge < -0.3 is 10.6 Å². The van der Waals surface area contributed by atoms with E-state index in [1.165, 1.54) is 84.9 Å². The van der Waals surface area contributed by atoms with Crippen LogP contribution >= 0.6 is 0 Å². The minimum absolute atomic E-state index is 0.0000717. The molecule has 0 bridgehead atoms. The molecule has 0 radical (unpaired) electrons. The Hall–Kier alpha value is -6.82. The topological polar surface area (TPSA) is 208 Å². The molecule has 70 heavy (non-hydrogen) atoms. The number of alkyl halides is 6. The summed E-state index contributed by atoms with van der Waals surface area (Å²) < 4.78 is 139. The molecule has 14 nitrogen and oxygen atoms in total. The zero-order valence-corrected chi connectivity index (χ0v) is 38.6. The summed E-state index contributed by atoms with van der Waals surface area (Å²) in [6, 6.07) is 27.7. The molecule has 6 aromatic carbocycles. The van der Waals surface area contributed by atoms with Crippen LogP contribution in [0.2, 0.25) is 0 Å². The highest BCUT2D eigenvalue weighted by Gasteiger charge is 2.40. The Morgan fingerprint density at radius 2 is 0.743 bits per heavy atom. The zero-order valence-electron chi connectivity index (χ0n) is 36.9. The smallest absolute Gasteiger partial charge is 0.311 e. The van der Waals surface area contributed by atoms with Crippen LogP contribution in [-0.4, -0.2) is 85.5 Å². The number of hydrogen-bond acceptors (Lipinski definition) is 10. The predicted octanol–water partition coefficient (Wildman–Crippen LogP) is 8.13. The van der Waals surface area contributed by atoms with Gasteiger partial charge in [-0.15, -0.1) is 0 Å². The van der Waals surface area contributed by atoms with Gasteiger partial charge in [-0.3, -0.25) is 38.1 Å². The maximum absolute atomic E-state index is 13.5. The van der Waals surface area contributed by atoms with E-state index in [9.17, 15) is 62.4 Å². The van der Waals surface area contributed by atoms with Crippen LogP contribution in [0.15, 0.2) is 131 Å². The van der Waals surface area contributed by atoms with Crippen molar-refractivity contribution in [1.82, 2.24) is 20.4 Å². The highest BCUT2D eigenvalue weighted by atomic mass is 32.2. The summed E-state index contributed by atoms with van der Waals surface area (Å²) in [7, 11) is -8.04. The van der Waals surface area contributed by atoms with Crippen LogP contribution in [-0.2, 0) is 45.7 Å². The molecule has 0 atom stereocenters. The maximum atomic E-state index is 13.5. The average Bonchev–Trinajstić information content (AvgIpc) is 3.29. The Balaban J connectivity index is 0.000000298. The highest BCUT2D eigenvalue weighted by molar-refractivity contribution is 7.86. The Kier molecular flexibility index (Phi) is 15.8. The van der Waals surface area contributed by atoms with E-state index in [-0.39, 0.29) is 93.2 Å². The molecule has 2 aliphatic heterocycles. The van der Waals surface area contributed by atoms with Gasteiger partial charge in [-0.2, -0.15) is 43.2 Å². The van der Waals surface area contributed by atoms with Gasteiger partial charge in [0.25, 0.3) is 43.9 Å². The van der Waals surface area contributed by atoms with Gasteiger partial charge >= 0.3 is 12.4 Å². The fraction of sp³-hybridized carbons (Fsp3) is 0.208. The summed E-state index contributed by atoms with van der Waals surface area (Å²) in [4.78, 5) is 55.7. The largest absolute Gasteiger partial charge is 0.416 e. The molecule has 22 heteroatoms. The summed E-state index contributed by atoms with van der Waals surface area (Å²) in [6.07, 6.45) is -9.08. The lowest BCUT2D eigenvalue weighted by Gasteiger charge is -2.32.